The fraction of sp³-hybridized carbons (Fsp3) is 0.471. The number of nitrogens with one attached hydrogen (secondary N) is 1. The third kappa shape index (κ3) is 7.17. The Bertz CT molecular complexity index is 528. The van der Waals surface area contributed by atoms with Gasteiger partial charge in [-0.15, -0.1) is 0 Å². The number of aliphatic hydroxyl groups excluding tert-OH is 1. The molecule has 0 aliphatic carbocycles. The topological polar surface area (TPSA) is 77.0 Å². The number of carbonyl (C=O) groups excluding carboxylic acids is 1. The number of aliphatic hydroxyl groups is 1. The van der Waals surface area contributed by atoms with Gasteiger partial charge in [-0.3, -0.25) is 0 Å². The first-order chi connectivity index (χ1) is 11.0. The molecule has 2 N–H and O–H groups in total. The van der Waals surface area contributed by atoms with Crippen molar-refractivity contribution in [3.63, 3.8) is 0 Å². The van der Waals surface area contributed by atoms with Gasteiger partial charge in [0.25, 0.3) is 0 Å². The first kappa shape index (κ1) is 19.0. The molecule has 6 nitrogen and oxygen atoms in total. The summed E-state index contributed by atoms with van der Waals surface area (Å²) >= 11 is 0. The summed E-state index contributed by atoms with van der Waals surface area (Å²) in [6.45, 7) is 4.64. The molecule has 0 aliphatic rings. The second-order valence-electron chi connectivity index (χ2n) is 5.29. The minimum absolute atomic E-state index is 0.160. The Hall–Kier alpha value is -2.05. The molecule has 0 aliphatic heterocycles. The molecule has 1 atom stereocenters. The van der Waals surface area contributed by atoms with E-state index in [0.717, 1.165) is 5.56 Å². The Labute approximate surface area is 137 Å². The van der Waals surface area contributed by atoms with Crippen molar-refractivity contribution in [3.05, 3.63) is 29.8 Å². The van der Waals surface area contributed by atoms with Crippen LogP contribution in [0, 0.1) is 0 Å². The Kier molecular flexibility index (Phi) is 8.15. The van der Waals surface area contributed by atoms with E-state index in [1.165, 1.54) is 20.3 Å². The maximum absolute atomic E-state index is 11.1. The van der Waals surface area contributed by atoms with Crippen molar-refractivity contribution in [2.75, 3.05) is 27.4 Å². The van der Waals surface area contributed by atoms with Gasteiger partial charge in [0.05, 0.1) is 14.2 Å². The predicted molar refractivity (Wildman–Crippen MR) is 88.7 cm³/mol. The van der Waals surface area contributed by atoms with Gasteiger partial charge in [0.2, 0.25) is 0 Å². The van der Waals surface area contributed by atoms with E-state index in [1.807, 2.05) is 13.8 Å². The molecular weight excluding hydrogens is 298 g/mol. The Morgan fingerprint density at radius 1 is 1.30 bits per heavy atom. The van der Waals surface area contributed by atoms with E-state index in [-0.39, 0.29) is 6.61 Å². The molecule has 6 heteroatoms. The minimum Gasteiger partial charge on any atom is -0.493 e. The zero-order valence-electron chi connectivity index (χ0n) is 14.0. The molecular formula is C17H25NO5. The number of ether oxygens (including phenoxy) is 3. The summed E-state index contributed by atoms with van der Waals surface area (Å²) in [6, 6.07) is 5.57. The van der Waals surface area contributed by atoms with E-state index in [4.69, 9.17) is 9.47 Å². The van der Waals surface area contributed by atoms with E-state index in [2.05, 4.69) is 10.1 Å². The molecule has 23 heavy (non-hydrogen) atoms. The molecule has 0 spiro atoms. The molecule has 128 valence electrons. The highest BCUT2D eigenvalue weighted by molar-refractivity contribution is 5.87. The van der Waals surface area contributed by atoms with Gasteiger partial charge < -0.3 is 24.6 Å². The van der Waals surface area contributed by atoms with Crippen LogP contribution in [0.5, 0.6) is 11.5 Å². The minimum atomic E-state index is -0.610. The number of carbonyl (C=O) groups is 1. The lowest BCUT2D eigenvalue weighted by molar-refractivity contribution is -0.134. The van der Waals surface area contributed by atoms with Gasteiger partial charge in [-0.25, -0.2) is 4.79 Å². The van der Waals surface area contributed by atoms with Crippen LogP contribution >= 0.6 is 0 Å². The fourth-order valence-electron chi connectivity index (χ4n) is 1.76. The summed E-state index contributed by atoms with van der Waals surface area (Å²) < 4.78 is 15.4. The van der Waals surface area contributed by atoms with Crippen molar-refractivity contribution in [1.29, 1.82) is 0 Å². The second-order valence-corrected chi connectivity index (χ2v) is 5.29. The van der Waals surface area contributed by atoms with E-state index in [0.29, 0.717) is 24.1 Å². The molecule has 0 aromatic heterocycles. The SMILES string of the molecule is COC(=O)C=Cc1ccc(OCC(O)CNC(C)C)c(OC)c1. The lowest BCUT2D eigenvalue weighted by Crippen LogP contribution is -2.35. The largest absolute Gasteiger partial charge is 0.493 e. The summed E-state index contributed by atoms with van der Waals surface area (Å²) in [5.41, 5.74) is 0.779. The summed E-state index contributed by atoms with van der Waals surface area (Å²) in [6.07, 6.45) is 2.34. The molecule has 0 radical (unpaired) electrons. The normalized spacial score (nSPS) is 12.4. The molecule has 0 fully saturated rings. The average Bonchev–Trinajstić information content (AvgIpc) is 2.55. The molecule has 0 saturated heterocycles. The van der Waals surface area contributed by atoms with Gasteiger partial charge in [0.15, 0.2) is 11.5 Å². The van der Waals surface area contributed by atoms with Crippen molar-refractivity contribution in [1.82, 2.24) is 5.32 Å². The fourth-order valence-corrected chi connectivity index (χ4v) is 1.76. The quantitative estimate of drug-likeness (QED) is 0.531. The van der Waals surface area contributed by atoms with Crippen LogP contribution < -0.4 is 14.8 Å². The maximum atomic E-state index is 11.1. The molecule has 1 rings (SSSR count). The molecule has 0 amide bonds. The number of methoxy groups -OCH3 is 2. The number of benzene rings is 1. The highest BCUT2D eigenvalue weighted by Crippen LogP contribution is 2.28. The Morgan fingerprint density at radius 2 is 2.04 bits per heavy atom. The van der Waals surface area contributed by atoms with Crippen LogP contribution in [0.15, 0.2) is 24.3 Å². The molecule has 0 bridgehead atoms. The van der Waals surface area contributed by atoms with Crippen LogP contribution in [0.25, 0.3) is 6.08 Å². The Morgan fingerprint density at radius 3 is 2.65 bits per heavy atom. The van der Waals surface area contributed by atoms with Crippen LogP contribution in [0.2, 0.25) is 0 Å². The van der Waals surface area contributed by atoms with Crippen LogP contribution in [0.4, 0.5) is 0 Å². The van der Waals surface area contributed by atoms with E-state index >= 15 is 0 Å². The van der Waals surface area contributed by atoms with Crippen LogP contribution in [0.3, 0.4) is 0 Å². The second kappa shape index (κ2) is 9.86. The van der Waals surface area contributed by atoms with Gasteiger partial charge in [0.1, 0.15) is 12.7 Å². The first-order valence-corrected chi connectivity index (χ1v) is 7.44. The zero-order valence-corrected chi connectivity index (χ0v) is 14.0. The van der Waals surface area contributed by atoms with Gasteiger partial charge in [-0.2, -0.15) is 0 Å². The van der Waals surface area contributed by atoms with Gasteiger partial charge in [-0.05, 0) is 23.8 Å². The molecule has 1 aromatic carbocycles. The lowest BCUT2D eigenvalue weighted by Gasteiger charge is -2.16. The van der Waals surface area contributed by atoms with Crippen molar-refractivity contribution in [2.24, 2.45) is 0 Å². The first-order valence-electron chi connectivity index (χ1n) is 7.44. The molecule has 0 saturated carbocycles. The Balaban J connectivity index is 2.65. The highest BCUT2D eigenvalue weighted by atomic mass is 16.5. The van der Waals surface area contributed by atoms with E-state index in [9.17, 15) is 9.90 Å². The average molecular weight is 323 g/mol. The number of esters is 1. The smallest absolute Gasteiger partial charge is 0.330 e. The molecule has 0 heterocycles. The summed E-state index contributed by atoms with van der Waals surface area (Å²) in [5, 5.41) is 13.0. The van der Waals surface area contributed by atoms with Crippen molar-refractivity contribution in [2.45, 2.75) is 26.0 Å². The summed E-state index contributed by atoms with van der Waals surface area (Å²) in [4.78, 5) is 11.1. The van der Waals surface area contributed by atoms with Crippen LogP contribution in [-0.4, -0.2) is 50.6 Å². The van der Waals surface area contributed by atoms with Crippen LogP contribution in [0.1, 0.15) is 19.4 Å². The van der Waals surface area contributed by atoms with Crippen molar-refractivity contribution >= 4 is 12.0 Å². The lowest BCUT2D eigenvalue weighted by atomic mass is 10.2. The monoisotopic (exact) mass is 323 g/mol. The number of hydrogen-bond acceptors (Lipinski definition) is 6. The maximum Gasteiger partial charge on any atom is 0.330 e. The van der Waals surface area contributed by atoms with Crippen molar-refractivity contribution < 1.29 is 24.1 Å². The molecule has 1 unspecified atom stereocenters. The zero-order chi connectivity index (χ0) is 17.2. The summed E-state index contributed by atoms with van der Waals surface area (Å²) in [7, 11) is 2.86. The third-order valence-corrected chi connectivity index (χ3v) is 2.99. The van der Waals surface area contributed by atoms with Crippen molar-refractivity contribution in [3.8, 4) is 11.5 Å². The number of rotatable bonds is 9. The van der Waals surface area contributed by atoms with Gasteiger partial charge in [0, 0.05) is 18.7 Å². The van der Waals surface area contributed by atoms with Crippen LogP contribution in [-0.2, 0) is 9.53 Å². The third-order valence-electron chi connectivity index (χ3n) is 2.99. The van der Waals surface area contributed by atoms with E-state index in [1.54, 1.807) is 24.3 Å². The van der Waals surface area contributed by atoms with Gasteiger partial charge in [-0.1, -0.05) is 19.9 Å². The summed E-state index contributed by atoms with van der Waals surface area (Å²) in [5.74, 6) is 0.636. The highest BCUT2D eigenvalue weighted by Gasteiger charge is 2.09. The van der Waals surface area contributed by atoms with Gasteiger partial charge >= 0.3 is 5.97 Å². The number of hydrogen-bond donors (Lipinski definition) is 2. The predicted octanol–water partition coefficient (Wildman–Crippen LogP) is 1.62. The van der Waals surface area contributed by atoms with E-state index < -0.39 is 12.1 Å². The molecule has 1 aromatic rings. The standard InChI is InChI=1S/C17H25NO5/c1-12(2)18-10-14(19)11-23-15-7-5-13(9-16(15)21-3)6-8-17(20)22-4/h5-9,12,14,18-19H,10-11H2,1-4H3.